The third-order valence-electron chi connectivity index (χ3n) is 4.17. The second-order valence-electron chi connectivity index (χ2n) is 5.67. The fourth-order valence-electron chi connectivity index (χ4n) is 2.85. The van der Waals surface area contributed by atoms with Crippen molar-refractivity contribution in [2.75, 3.05) is 25.8 Å². The van der Waals surface area contributed by atoms with Crippen LogP contribution in [0, 0.1) is 20.2 Å². The number of nitro benzene ring substituents is 2. The van der Waals surface area contributed by atoms with Gasteiger partial charge in [0.15, 0.2) is 0 Å². The van der Waals surface area contributed by atoms with Crippen molar-refractivity contribution in [3.8, 4) is 11.5 Å². The molecule has 0 saturated heterocycles. The quantitative estimate of drug-likeness (QED) is 0.564. The minimum atomic E-state index is -0.665. The zero-order valence-electron chi connectivity index (χ0n) is 14.6. The van der Waals surface area contributed by atoms with E-state index in [1.165, 1.54) is 19.2 Å². The molecular formula is C17H16N4O6. The van der Waals surface area contributed by atoms with Gasteiger partial charge in [-0.2, -0.15) is 5.10 Å². The molecule has 0 aromatic heterocycles. The van der Waals surface area contributed by atoms with Crippen LogP contribution in [-0.4, -0.2) is 36.3 Å². The van der Waals surface area contributed by atoms with E-state index in [0.29, 0.717) is 35.9 Å². The number of hydrazone groups is 1. The summed E-state index contributed by atoms with van der Waals surface area (Å²) in [7, 11) is 3.08. The lowest BCUT2D eigenvalue weighted by Crippen LogP contribution is -2.12. The van der Waals surface area contributed by atoms with E-state index < -0.39 is 9.85 Å². The Kier molecular flexibility index (Phi) is 4.88. The molecule has 0 fully saturated rings. The maximum absolute atomic E-state index is 11.4. The second-order valence-corrected chi connectivity index (χ2v) is 5.67. The van der Waals surface area contributed by atoms with E-state index in [2.05, 4.69) is 5.10 Å². The van der Waals surface area contributed by atoms with E-state index in [1.54, 1.807) is 30.3 Å². The third kappa shape index (κ3) is 3.50. The fourth-order valence-corrected chi connectivity index (χ4v) is 2.85. The van der Waals surface area contributed by atoms with Crippen LogP contribution in [0.4, 0.5) is 17.1 Å². The summed E-state index contributed by atoms with van der Waals surface area (Å²) in [4.78, 5) is 20.9. The Morgan fingerprint density at radius 1 is 1.04 bits per heavy atom. The lowest BCUT2D eigenvalue weighted by molar-refractivity contribution is -0.394. The zero-order chi connectivity index (χ0) is 19.6. The molecule has 2 aromatic rings. The number of benzene rings is 2. The first-order chi connectivity index (χ1) is 12.9. The second kappa shape index (κ2) is 7.28. The first kappa shape index (κ1) is 18.1. The summed E-state index contributed by atoms with van der Waals surface area (Å²) in [6, 6.07) is 8.82. The Morgan fingerprint density at radius 3 is 2.44 bits per heavy atom. The molecule has 0 N–H and O–H groups in total. The average Bonchev–Trinajstić information content (AvgIpc) is 3.16. The third-order valence-corrected chi connectivity index (χ3v) is 4.17. The molecule has 0 spiro atoms. The van der Waals surface area contributed by atoms with Gasteiger partial charge in [-0.05, 0) is 18.2 Å². The predicted molar refractivity (Wildman–Crippen MR) is 97.8 cm³/mol. The van der Waals surface area contributed by atoms with Gasteiger partial charge in [-0.25, -0.2) is 0 Å². The lowest BCUT2D eigenvalue weighted by atomic mass is 10.1. The molecule has 0 bridgehead atoms. The van der Waals surface area contributed by atoms with Gasteiger partial charge in [0.1, 0.15) is 17.2 Å². The van der Waals surface area contributed by atoms with Crippen LogP contribution in [0.1, 0.15) is 12.0 Å². The van der Waals surface area contributed by atoms with Crippen LogP contribution in [0.25, 0.3) is 0 Å². The first-order valence-corrected chi connectivity index (χ1v) is 7.95. The van der Waals surface area contributed by atoms with Crippen LogP contribution in [0.5, 0.6) is 11.5 Å². The molecule has 0 saturated carbocycles. The Morgan fingerprint density at radius 2 is 1.81 bits per heavy atom. The van der Waals surface area contributed by atoms with Crippen molar-refractivity contribution in [2.24, 2.45) is 5.10 Å². The molecule has 1 aliphatic rings. The van der Waals surface area contributed by atoms with E-state index in [9.17, 15) is 20.2 Å². The molecule has 27 heavy (non-hydrogen) atoms. The summed E-state index contributed by atoms with van der Waals surface area (Å²) in [5.41, 5.74) is 0.761. The van der Waals surface area contributed by atoms with Gasteiger partial charge in [0.05, 0.1) is 41.4 Å². The fraction of sp³-hybridized carbons (Fsp3) is 0.235. The number of nitrogens with zero attached hydrogens (tertiary/aromatic N) is 4. The van der Waals surface area contributed by atoms with Crippen molar-refractivity contribution in [2.45, 2.75) is 6.42 Å². The predicted octanol–water partition coefficient (Wildman–Crippen LogP) is 3.13. The maximum atomic E-state index is 11.4. The average molecular weight is 372 g/mol. The standard InChI is InChI=1S/C17H16N4O6/c1-26-12-4-6-15(17(10-12)27-2)19-8-7-14(18-19)13-5-3-11(20(22)23)9-16(13)21(24)25/h3-6,9-10H,7-8H2,1-2H3. The van der Waals surface area contributed by atoms with E-state index in [4.69, 9.17) is 9.47 Å². The maximum Gasteiger partial charge on any atom is 0.285 e. The number of hydrogen-bond acceptors (Lipinski definition) is 8. The van der Waals surface area contributed by atoms with Crippen molar-refractivity contribution in [3.05, 3.63) is 62.2 Å². The van der Waals surface area contributed by atoms with Crippen molar-refractivity contribution in [1.29, 1.82) is 0 Å². The van der Waals surface area contributed by atoms with E-state index in [1.807, 2.05) is 0 Å². The summed E-state index contributed by atoms with van der Waals surface area (Å²) in [6.07, 6.45) is 0.452. The Bertz CT molecular complexity index is 943. The van der Waals surface area contributed by atoms with Gasteiger partial charge in [0.25, 0.3) is 11.4 Å². The molecule has 3 rings (SSSR count). The normalized spacial score (nSPS) is 13.3. The highest BCUT2D eigenvalue weighted by Crippen LogP contribution is 2.35. The Balaban J connectivity index is 1.99. The number of non-ortho nitro benzene ring substituents is 1. The molecule has 0 radical (unpaired) electrons. The minimum Gasteiger partial charge on any atom is -0.497 e. The zero-order valence-corrected chi connectivity index (χ0v) is 14.6. The van der Waals surface area contributed by atoms with Crippen molar-refractivity contribution >= 4 is 22.8 Å². The summed E-state index contributed by atoms with van der Waals surface area (Å²) in [6.45, 7) is 0.492. The van der Waals surface area contributed by atoms with Crippen molar-refractivity contribution in [3.63, 3.8) is 0 Å². The van der Waals surface area contributed by atoms with Crippen LogP contribution in [-0.2, 0) is 0 Å². The van der Waals surface area contributed by atoms with Crippen molar-refractivity contribution in [1.82, 2.24) is 0 Å². The van der Waals surface area contributed by atoms with E-state index in [0.717, 1.165) is 6.07 Å². The molecule has 10 heteroatoms. The topological polar surface area (TPSA) is 120 Å². The smallest absolute Gasteiger partial charge is 0.285 e. The van der Waals surface area contributed by atoms with Gasteiger partial charge >= 0.3 is 0 Å². The van der Waals surface area contributed by atoms with Gasteiger partial charge in [0.2, 0.25) is 0 Å². The van der Waals surface area contributed by atoms with E-state index in [-0.39, 0.29) is 16.9 Å². The van der Waals surface area contributed by atoms with Gasteiger partial charge in [-0.1, -0.05) is 0 Å². The summed E-state index contributed by atoms with van der Waals surface area (Å²) < 4.78 is 10.5. The van der Waals surface area contributed by atoms with Crippen LogP contribution in [0.3, 0.4) is 0 Å². The summed E-state index contributed by atoms with van der Waals surface area (Å²) >= 11 is 0. The molecule has 0 atom stereocenters. The first-order valence-electron chi connectivity index (χ1n) is 7.95. The van der Waals surface area contributed by atoms with Gasteiger partial charge in [-0.15, -0.1) is 0 Å². The SMILES string of the molecule is COc1ccc(N2CCC(c3ccc([N+](=O)[O-])cc3[N+](=O)[O-])=N2)c(OC)c1. The summed E-state index contributed by atoms with van der Waals surface area (Å²) in [5, 5.41) is 28.4. The van der Waals surface area contributed by atoms with Gasteiger partial charge in [-0.3, -0.25) is 25.2 Å². The Hall–Kier alpha value is -3.69. The van der Waals surface area contributed by atoms with Crippen LogP contribution < -0.4 is 14.5 Å². The number of nitro groups is 2. The number of ether oxygens (including phenoxy) is 2. The highest BCUT2D eigenvalue weighted by molar-refractivity contribution is 6.06. The van der Waals surface area contributed by atoms with Crippen molar-refractivity contribution < 1.29 is 19.3 Å². The van der Waals surface area contributed by atoms with E-state index >= 15 is 0 Å². The number of hydrogen-bond donors (Lipinski definition) is 0. The molecule has 2 aromatic carbocycles. The summed E-state index contributed by atoms with van der Waals surface area (Å²) in [5.74, 6) is 1.18. The minimum absolute atomic E-state index is 0.264. The Labute approximate surface area is 153 Å². The number of methoxy groups -OCH3 is 2. The molecule has 0 aliphatic carbocycles. The highest BCUT2D eigenvalue weighted by Gasteiger charge is 2.27. The lowest BCUT2D eigenvalue weighted by Gasteiger charge is -2.17. The molecular weight excluding hydrogens is 356 g/mol. The highest BCUT2D eigenvalue weighted by atomic mass is 16.6. The van der Waals surface area contributed by atoms with Gasteiger partial charge in [0, 0.05) is 25.1 Å². The molecule has 10 nitrogen and oxygen atoms in total. The van der Waals surface area contributed by atoms with Crippen LogP contribution in [0.15, 0.2) is 41.5 Å². The van der Waals surface area contributed by atoms with Crippen LogP contribution >= 0.6 is 0 Å². The molecule has 0 amide bonds. The molecule has 1 aliphatic heterocycles. The molecule has 140 valence electrons. The van der Waals surface area contributed by atoms with Crippen LogP contribution in [0.2, 0.25) is 0 Å². The van der Waals surface area contributed by atoms with Gasteiger partial charge < -0.3 is 9.47 Å². The number of rotatable bonds is 6. The molecule has 0 unspecified atom stereocenters. The number of anilines is 1. The molecule has 1 heterocycles. The monoisotopic (exact) mass is 372 g/mol. The largest absolute Gasteiger partial charge is 0.497 e.